The van der Waals surface area contributed by atoms with E-state index in [1.165, 1.54) is 0 Å². The van der Waals surface area contributed by atoms with Crippen molar-refractivity contribution in [2.75, 3.05) is 18.6 Å². The van der Waals surface area contributed by atoms with E-state index in [0.717, 1.165) is 24.1 Å². The number of nitrogens with zero attached hydrogens (tertiary/aromatic N) is 1. The van der Waals surface area contributed by atoms with E-state index in [1.807, 2.05) is 32.3 Å². The highest BCUT2D eigenvalue weighted by molar-refractivity contribution is 7.91. The van der Waals surface area contributed by atoms with Crippen LogP contribution in [-0.2, 0) is 16.3 Å². The Labute approximate surface area is 109 Å². The number of rotatable bonds is 4. The fourth-order valence-electron chi connectivity index (χ4n) is 2.49. The molecule has 1 saturated heterocycles. The van der Waals surface area contributed by atoms with E-state index in [1.54, 1.807) is 0 Å². The van der Waals surface area contributed by atoms with Crippen LogP contribution in [0.5, 0.6) is 0 Å². The van der Waals surface area contributed by atoms with Gasteiger partial charge in [0.25, 0.3) is 0 Å². The lowest BCUT2D eigenvalue weighted by atomic mass is 9.95. The van der Waals surface area contributed by atoms with Crippen LogP contribution in [-0.4, -0.2) is 38.0 Å². The first kappa shape index (κ1) is 13.5. The standard InChI is InChI=1S/C13H20N2O2S/c1-10-3-4-12(15-8-10)7-13(14-2)11-5-6-18(16,17)9-11/h3-4,8,11,13-14H,5-7,9H2,1-2H3. The highest BCUT2D eigenvalue weighted by Gasteiger charge is 2.33. The van der Waals surface area contributed by atoms with E-state index in [2.05, 4.69) is 10.3 Å². The topological polar surface area (TPSA) is 59.1 Å². The van der Waals surface area contributed by atoms with Gasteiger partial charge in [0.2, 0.25) is 0 Å². The first-order chi connectivity index (χ1) is 8.50. The third kappa shape index (κ3) is 3.29. The van der Waals surface area contributed by atoms with Gasteiger partial charge in [-0.3, -0.25) is 4.98 Å². The minimum absolute atomic E-state index is 0.192. The Bertz CT molecular complexity index is 496. The first-order valence-corrected chi connectivity index (χ1v) is 8.11. The maximum atomic E-state index is 11.5. The number of likely N-dealkylation sites (N-methyl/N-ethyl adjacent to an activating group) is 1. The molecular formula is C13H20N2O2S. The van der Waals surface area contributed by atoms with Crippen LogP contribution in [0.3, 0.4) is 0 Å². The molecule has 1 fully saturated rings. The van der Waals surface area contributed by atoms with Crippen molar-refractivity contribution >= 4 is 9.84 Å². The summed E-state index contributed by atoms with van der Waals surface area (Å²) in [7, 11) is -0.917. The molecule has 1 aliphatic rings. The Morgan fingerprint density at radius 1 is 1.50 bits per heavy atom. The lowest BCUT2D eigenvalue weighted by molar-refractivity contribution is 0.400. The number of pyridine rings is 1. The maximum Gasteiger partial charge on any atom is 0.150 e. The first-order valence-electron chi connectivity index (χ1n) is 6.29. The Balaban J connectivity index is 2.04. The van der Waals surface area contributed by atoms with Gasteiger partial charge in [0.1, 0.15) is 0 Å². The van der Waals surface area contributed by atoms with Crippen LogP contribution >= 0.6 is 0 Å². The van der Waals surface area contributed by atoms with Crippen molar-refractivity contribution in [3.8, 4) is 0 Å². The molecule has 2 unspecified atom stereocenters. The Kier molecular flexibility index (Phi) is 4.02. The van der Waals surface area contributed by atoms with Crippen molar-refractivity contribution in [1.82, 2.24) is 10.3 Å². The molecule has 1 aliphatic heterocycles. The van der Waals surface area contributed by atoms with Crippen molar-refractivity contribution < 1.29 is 8.42 Å². The third-order valence-electron chi connectivity index (χ3n) is 3.61. The van der Waals surface area contributed by atoms with E-state index >= 15 is 0 Å². The summed E-state index contributed by atoms with van der Waals surface area (Å²) >= 11 is 0. The quantitative estimate of drug-likeness (QED) is 0.883. The highest BCUT2D eigenvalue weighted by Crippen LogP contribution is 2.23. The van der Waals surface area contributed by atoms with Crippen LogP contribution in [0.2, 0.25) is 0 Å². The molecule has 0 saturated carbocycles. The molecule has 0 amide bonds. The summed E-state index contributed by atoms with van der Waals surface area (Å²) < 4.78 is 23.0. The largest absolute Gasteiger partial charge is 0.316 e. The van der Waals surface area contributed by atoms with E-state index in [4.69, 9.17) is 0 Å². The number of aryl methyl sites for hydroxylation is 1. The Hall–Kier alpha value is -0.940. The van der Waals surface area contributed by atoms with Crippen molar-refractivity contribution in [3.05, 3.63) is 29.6 Å². The molecule has 2 atom stereocenters. The Morgan fingerprint density at radius 3 is 2.78 bits per heavy atom. The normalized spacial score (nSPS) is 24.0. The minimum Gasteiger partial charge on any atom is -0.316 e. The number of hydrogen-bond acceptors (Lipinski definition) is 4. The molecular weight excluding hydrogens is 248 g/mol. The second-order valence-corrected chi connectivity index (χ2v) is 7.32. The van der Waals surface area contributed by atoms with E-state index in [9.17, 15) is 8.42 Å². The fraction of sp³-hybridized carbons (Fsp3) is 0.615. The van der Waals surface area contributed by atoms with Gasteiger partial charge >= 0.3 is 0 Å². The van der Waals surface area contributed by atoms with Crippen molar-refractivity contribution in [1.29, 1.82) is 0 Å². The van der Waals surface area contributed by atoms with Crippen LogP contribution in [0, 0.1) is 12.8 Å². The molecule has 1 aromatic heterocycles. The summed E-state index contributed by atoms with van der Waals surface area (Å²) in [6.07, 6.45) is 3.41. The van der Waals surface area contributed by atoms with Gasteiger partial charge in [-0.1, -0.05) is 6.07 Å². The lowest BCUT2D eigenvalue weighted by Crippen LogP contribution is -2.36. The average Bonchev–Trinajstić information content (AvgIpc) is 2.69. The van der Waals surface area contributed by atoms with Gasteiger partial charge in [0.05, 0.1) is 11.5 Å². The minimum atomic E-state index is -2.81. The molecule has 18 heavy (non-hydrogen) atoms. The molecule has 1 aromatic rings. The molecule has 4 nitrogen and oxygen atoms in total. The fourth-order valence-corrected chi connectivity index (χ4v) is 4.37. The second kappa shape index (κ2) is 5.36. The second-order valence-electron chi connectivity index (χ2n) is 5.09. The zero-order valence-electron chi connectivity index (χ0n) is 10.9. The third-order valence-corrected chi connectivity index (χ3v) is 5.40. The van der Waals surface area contributed by atoms with Gasteiger partial charge in [-0.05, 0) is 37.9 Å². The SMILES string of the molecule is CNC(Cc1ccc(C)cn1)C1CCS(=O)(=O)C1. The van der Waals surface area contributed by atoms with Crippen molar-refractivity contribution in [3.63, 3.8) is 0 Å². The van der Waals surface area contributed by atoms with Crippen LogP contribution in [0.25, 0.3) is 0 Å². The number of sulfone groups is 1. The summed E-state index contributed by atoms with van der Waals surface area (Å²) in [4.78, 5) is 4.38. The predicted molar refractivity (Wildman–Crippen MR) is 72.3 cm³/mol. The molecule has 1 N–H and O–H groups in total. The summed E-state index contributed by atoms with van der Waals surface area (Å²) in [5, 5.41) is 3.24. The summed E-state index contributed by atoms with van der Waals surface area (Å²) in [6.45, 7) is 2.01. The summed E-state index contributed by atoms with van der Waals surface area (Å²) in [6, 6.07) is 4.25. The van der Waals surface area contributed by atoms with Gasteiger partial charge in [-0.15, -0.1) is 0 Å². The smallest absolute Gasteiger partial charge is 0.150 e. The zero-order chi connectivity index (χ0) is 13.2. The molecule has 0 bridgehead atoms. The van der Waals surface area contributed by atoms with E-state index in [-0.39, 0.29) is 12.0 Å². The molecule has 0 radical (unpaired) electrons. The lowest BCUT2D eigenvalue weighted by Gasteiger charge is -2.21. The summed E-state index contributed by atoms with van der Waals surface area (Å²) in [5.74, 6) is 0.852. The highest BCUT2D eigenvalue weighted by atomic mass is 32.2. The zero-order valence-corrected chi connectivity index (χ0v) is 11.7. The van der Waals surface area contributed by atoms with Gasteiger partial charge < -0.3 is 5.32 Å². The monoisotopic (exact) mass is 268 g/mol. The molecule has 2 heterocycles. The number of hydrogen-bond donors (Lipinski definition) is 1. The number of aromatic nitrogens is 1. The van der Waals surface area contributed by atoms with E-state index in [0.29, 0.717) is 11.5 Å². The maximum absolute atomic E-state index is 11.5. The Morgan fingerprint density at radius 2 is 2.28 bits per heavy atom. The molecule has 100 valence electrons. The van der Waals surface area contributed by atoms with Gasteiger partial charge in [0, 0.05) is 24.4 Å². The summed E-state index contributed by atoms with van der Waals surface area (Å²) in [5.41, 5.74) is 2.16. The van der Waals surface area contributed by atoms with Crippen LogP contribution in [0.15, 0.2) is 18.3 Å². The van der Waals surface area contributed by atoms with Crippen molar-refractivity contribution in [2.45, 2.75) is 25.8 Å². The molecule has 0 aromatic carbocycles. The van der Waals surface area contributed by atoms with Crippen LogP contribution in [0.1, 0.15) is 17.7 Å². The van der Waals surface area contributed by atoms with Crippen LogP contribution < -0.4 is 5.32 Å². The van der Waals surface area contributed by atoms with Crippen LogP contribution in [0.4, 0.5) is 0 Å². The average molecular weight is 268 g/mol. The van der Waals surface area contributed by atoms with Gasteiger partial charge in [0.15, 0.2) is 9.84 Å². The van der Waals surface area contributed by atoms with Gasteiger partial charge in [-0.25, -0.2) is 8.42 Å². The molecule has 5 heteroatoms. The molecule has 2 rings (SSSR count). The predicted octanol–water partition coefficient (Wildman–Crippen LogP) is 0.955. The molecule has 0 aliphatic carbocycles. The number of nitrogens with one attached hydrogen (secondary N) is 1. The van der Waals surface area contributed by atoms with E-state index < -0.39 is 9.84 Å². The van der Waals surface area contributed by atoms with Gasteiger partial charge in [-0.2, -0.15) is 0 Å². The molecule has 0 spiro atoms. The van der Waals surface area contributed by atoms with Crippen molar-refractivity contribution in [2.24, 2.45) is 5.92 Å².